The molecule has 0 radical (unpaired) electrons. The van der Waals surface area contributed by atoms with Crippen molar-refractivity contribution in [1.29, 1.82) is 0 Å². The number of aliphatic hydroxyl groups is 1. The highest BCUT2D eigenvalue weighted by Gasteiger charge is 2.44. The highest BCUT2D eigenvalue weighted by atomic mass is 16.7. The zero-order chi connectivity index (χ0) is 13.8. The van der Waals surface area contributed by atoms with Crippen LogP contribution in [0, 0.1) is 11.3 Å². The molecule has 0 aromatic carbocycles. The van der Waals surface area contributed by atoms with Crippen LogP contribution in [0.3, 0.4) is 0 Å². The number of fused-ring (bicyclic) bond motifs is 1. The van der Waals surface area contributed by atoms with Crippen molar-refractivity contribution in [3.05, 3.63) is 22.3 Å². The number of hydrogen-bond donors (Lipinski definition) is 1. The molecular weight excluding hydrogens is 240 g/mol. The first-order valence-electron chi connectivity index (χ1n) is 7.16. The van der Waals surface area contributed by atoms with Gasteiger partial charge in [0.05, 0.1) is 12.7 Å². The molecule has 0 aromatic heterocycles. The Morgan fingerprint density at radius 2 is 2.00 bits per heavy atom. The van der Waals surface area contributed by atoms with E-state index in [-0.39, 0.29) is 18.3 Å². The van der Waals surface area contributed by atoms with Gasteiger partial charge in [-0.15, -0.1) is 0 Å². The lowest BCUT2D eigenvalue weighted by Gasteiger charge is -2.21. The molecule has 3 rings (SSSR count). The van der Waals surface area contributed by atoms with Crippen LogP contribution in [0.4, 0.5) is 0 Å². The topological polar surface area (TPSA) is 38.7 Å². The molecule has 3 nitrogen and oxygen atoms in total. The van der Waals surface area contributed by atoms with Gasteiger partial charge in [-0.05, 0) is 42.7 Å². The molecule has 1 N–H and O–H groups in total. The first kappa shape index (κ1) is 13.3. The van der Waals surface area contributed by atoms with E-state index in [2.05, 4.69) is 20.8 Å². The third-order valence-electron chi connectivity index (χ3n) is 4.93. The van der Waals surface area contributed by atoms with Crippen LogP contribution in [0.25, 0.3) is 0 Å². The summed E-state index contributed by atoms with van der Waals surface area (Å²) < 4.78 is 11.0. The summed E-state index contributed by atoms with van der Waals surface area (Å²) in [5, 5.41) is 10.8. The summed E-state index contributed by atoms with van der Waals surface area (Å²) in [5.41, 5.74) is 5.42. The van der Waals surface area contributed by atoms with Gasteiger partial charge in [0, 0.05) is 13.0 Å². The lowest BCUT2D eigenvalue weighted by molar-refractivity contribution is -0.0774. The molecule has 106 valence electrons. The smallest absolute Gasteiger partial charge is 0.180 e. The maximum absolute atomic E-state index is 10.8. The van der Waals surface area contributed by atoms with Gasteiger partial charge in [-0.2, -0.15) is 0 Å². The van der Waals surface area contributed by atoms with Gasteiger partial charge in [0.1, 0.15) is 0 Å². The van der Waals surface area contributed by atoms with Crippen LogP contribution >= 0.6 is 0 Å². The minimum Gasteiger partial charge on any atom is -0.388 e. The third kappa shape index (κ3) is 2.08. The van der Waals surface area contributed by atoms with Crippen molar-refractivity contribution in [2.45, 2.75) is 52.4 Å². The molecule has 19 heavy (non-hydrogen) atoms. The normalized spacial score (nSPS) is 37.4. The minimum absolute atomic E-state index is 0.257. The molecule has 3 heteroatoms. The van der Waals surface area contributed by atoms with Crippen LogP contribution in [-0.2, 0) is 9.47 Å². The summed E-state index contributed by atoms with van der Waals surface area (Å²) in [6.45, 7) is 7.32. The van der Waals surface area contributed by atoms with Gasteiger partial charge < -0.3 is 14.6 Å². The van der Waals surface area contributed by atoms with E-state index in [1.807, 2.05) is 0 Å². The molecule has 0 amide bonds. The Morgan fingerprint density at radius 3 is 2.68 bits per heavy atom. The molecule has 2 aliphatic carbocycles. The second-order valence-electron chi connectivity index (χ2n) is 7.01. The third-order valence-corrected chi connectivity index (χ3v) is 4.93. The lowest BCUT2D eigenvalue weighted by Crippen LogP contribution is -2.23. The number of hydrogen-bond acceptors (Lipinski definition) is 3. The standard InChI is InChI=1S/C16H24O3/c1-9-5-10-13(8-19-15(10)18-4)14(17)12-7-16(2,3)6-11(9)12/h12,14-15,17H,5-8H2,1-4H3/t12-,14+,15+/m1/s1. The summed E-state index contributed by atoms with van der Waals surface area (Å²) in [6.07, 6.45) is 2.43. The second-order valence-corrected chi connectivity index (χ2v) is 7.01. The van der Waals surface area contributed by atoms with E-state index in [9.17, 15) is 5.11 Å². The molecule has 0 saturated heterocycles. The molecule has 1 fully saturated rings. The SMILES string of the molecule is CO[C@H]1OCC2=C1CC(C)=C1CC(C)(C)C[C@H]1[C@@H]2O. The number of rotatable bonds is 1. The molecule has 1 saturated carbocycles. The average molecular weight is 264 g/mol. The summed E-state index contributed by atoms with van der Waals surface area (Å²) in [4.78, 5) is 0. The molecule has 0 bridgehead atoms. The molecule has 0 unspecified atom stereocenters. The Balaban J connectivity index is 2.00. The average Bonchev–Trinajstić information content (AvgIpc) is 2.86. The van der Waals surface area contributed by atoms with Crippen LogP contribution in [0.5, 0.6) is 0 Å². The predicted octanol–water partition coefficient (Wildman–Crippen LogP) is 2.80. The fourth-order valence-electron chi connectivity index (χ4n) is 4.04. The van der Waals surface area contributed by atoms with Gasteiger partial charge in [-0.25, -0.2) is 0 Å². The Bertz CT molecular complexity index is 459. The fraction of sp³-hybridized carbons (Fsp3) is 0.750. The van der Waals surface area contributed by atoms with Crippen LogP contribution in [0.1, 0.15) is 40.0 Å². The van der Waals surface area contributed by atoms with E-state index < -0.39 is 0 Å². The fourth-order valence-corrected chi connectivity index (χ4v) is 4.04. The zero-order valence-electron chi connectivity index (χ0n) is 12.3. The Labute approximate surface area is 115 Å². The monoisotopic (exact) mass is 264 g/mol. The molecule has 1 aliphatic heterocycles. The van der Waals surface area contributed by atoms with Crippen molar-refractivity contribution in [2.24, 2.45) is 11.3 Å². The van der Waals surface area contributed by atoms with Gasteiger partial charge in [-0.1, -0.05) is 25.0 Å². The molecule has 3 aliphatic rings. The largest absolute Gasteiger partial charge is 0.388 e. The first-order chi connectivity index (χ1) is 8.93. The predicted molar refractivity (Wildman–Crippen MR) is 73.6 cm³/mol. The maximum atomic E-state index is 10.8. The van der Waals surface area contributed by atoms with Crippen LogP contribution in [0.2, 0.25) is 0 Å². The highest BCUT2D eigenvalue weighted by molar-refractivity contribution is 5.39. The summed E-state index contributed by atoms with van der Waals surface area (Å²) in [5.74, 6) is 0.279. The van der Waals surface area contributed by atoms with E-state index in [1.54, 1.807) is 7.11 Å². The summed E-state index contributed by atoms with van der Waals surface area (Å²) in [6, 6.07) is 0. The quantitative estimate of drug-likeness (QED) is 0.740. The van der Waals surface area contributed by atoms with E-state index in [4.69, 9.17) is 9.47 Å². The summed E-state index contributed by atoms with van der Waals surface area (Å²) in [7, 11) is 1.67. The zero-order valence-corrected chi connectivity index (χ0v) is 12.3. The Morgan fingerprint density at radius 1 is 1.26 bits per heavy atom. The molecular formula is C16H24O3. The van der Waals surface area contributed by atoms with Crippen LogP contribution in [-0.4, -0.2) is 31.2 Å². The first-order valence-corrected chi connectivity index (χ1v) is 7.16. The van der Waals surface area contributed by atoms with Crippen molar-refractivity contribution in [2.75, 3.05) is 13.7 Å². The van der Waals surface area contributed by atoms with E-state index in [1.165, 1.54) is 11.1 Å². The van der Waals surface area contributed by atoms with E-state index >= 15 is 0 Å². The van der Waals surface area contributed by atoms with Crippen molar-refractivity contribution < 1.29 is 14.6 Å². The van der Waals surface area contributed by atoms with Gasteiger partial charge in [0.15, 0.2) is 6.29 Å². The van der Waals surface area contributed by atoms with Gasteiger partial charge >= 0.3 is 0 Å². The van der Waals surface area contributed by atoms with Crippen molar-refractivity contribution in [3.63, 3.8) is 0 Å². The maximum Gasteiger partial charge on any atom is 0.180 e. The number of allylic oxidation sites excluding steroid dienone is 1. The van der Waals surface area contributed by atoms with Crippen molar-refractivity contribution >= 4 is 0 Å². The Kier molecular flexibility index (Phi) is 3.12. The molecule has 0 spiro atoms. The minimum atomic E-state index is -0.385. The highest BCUT2D eigenvalue weighted by Crippen LogP contribution is 2.51. The summed E-state index contributed by atoms with van der Waals surface area (Å²) >= 11 is 0. The number of ether oxygens (including phenoxy) is 2. The Hall–Kier alpha value is -0.640. The van der Waals surface area contributed by atoms with E-state index in [0.29, 0.717) is 12.0 Å². The lowest BCUT2D eigenvalue weighted by atomic mass is 9.87. The van der Waals surface area contributed by atoms with Crippen LogP contribution in [0.15, 0.2) is 22.3 Å². The number of aliphatic hydroxyl groups excluding tert-OH is 1. The molecule has 0 aromatic rings. The molecule has 3 atom stereocenters. The van der Waals surface area contributed by atoms with E-state index in [0.717, 1.165) is 30.4 Å². The van der Waals surface area contributed by atoms with Gasteiger partial charge in [0.2, 0.25) is 0 Å². The van der Waals surface area contributed by atoms with Crippen LogP contribution < -0.4 is 0 Å². The van der Waals surface area contributed by atoms with Crippen molar-refractivity contribution in [1.82, 2.24) is 0 Å². The second kappa shape index (κ2) is 4.44. The molecule has 1 heterocycles. The number of methoxy groups -OCH3 is 1. The van der Waals surface area contributed by atoms with Gasteiger partial charge in [-0.3, -0.25) is 0 Å². The van der Waals surface area contributed by atoms with Gasteiger partial charge in [0.25, 0.3) is 0 Å². The van der Waals surface area contributed by atoms with Crippen molar-refractivity contribution in [3.8, 4) is 0 Å².